The van der Waals surface area contributed by atoms with Crippen LogP contribution in [0, 0.1) is 12.8 Å². The summed E-state index contributed by atoms with van der Waals surface area (Å²) in [7, 11) is 0. The number of ether oxygens (including phenoxy) is 1. The zero-order valence-corrected chi connectivity index (χ0v) is 17.5. The molecular weight excluding hydrogens is 409 g/mol. The van der Waals surface area contributed by atoms with Gasteiger partial charge in [0.25, 0.3) is 0 Å². The van der Waals surface area contributed by atoms with E-state index in [1.807, 2.05) is 25.2 Å². The van der Waals surface area contributed by atoms with Gasteiger partial charge in [0.1, 0.15) is 0 Å². The summed E-state index contributed by atoms with van der Waals surface area (Å²) in [6.45, 7) is 8.92. The molecule has 0 bridgehead atoms. The number of nitrogens with one attached hydrogen (secondary N) is 1. The lowest BCUT2D eigenvalue weighted by molar-refractivity contribution is -0.192. The molecule has 1 amide bonds. The van der Waals surface area contributed by atoms with Crippen molar-refractivity contribution in [2.24, 2.45) is 5.92 Å². The second-order valence-corrected chi connectivity index (χ2v) is 8.97. The minimum atomic E-state index is -5.08. The van der Waals surface area contributed by atoms with Crippen molar-refractivity contribution in [3.8, 4) is 0 Å². The average Bonchev–Trinajstić information content (AvgIpc) is 3.21. The van der Waals surface area contributed by atoms with Crippen LogP contribution in [0.15, 0.2) is 12.1 Å². The molecule has 2 heterocycles. The largest absolute Gasteiger partial charge is 0.490 e. The summed E-state index contributed by atoms with van der Waals surface area (Å²) < 4.78 is 37.7. The van der Waals surface area contributed by atoms with E-state index in [0.717, 1.165) is 32.5 Å². The molecule has 0 unspecified atom stereocenters. The first kappa shape index (κ1) is 23.6. The normalized spacial score (nSPS) is 24.6. The number of carbonyl (C=O) groups excluding carboxylic acids is 1. The number of carbonyl (C=O) groups is 2. The Bertz CT molecular complexity index is 708. The van der Waals surface area contributed by atoms with E-state index in [1.54, 1.807) is 0 Å². The van der Waals surface area contributed by atoms with Crippen molar-refractivity contribution in [2.75, 3.05) is 13.2 Å². The van der Waals surface area contributed by atoms with Crippen molar-refractivity contribution < 1.29 is 32.6 Å². The minimum absolute atomic E-state index is 0.100. The van der Waals surface area contributed by atoms with E-state index >= 15 is 0 Å². The van der Waals surface area contributed by atoms with Gasteiger partial charge in [0.2, 0.25) is 5.91 Å². The topological polar surface area (TPSA) is 78.9 Å². The number of halogens is 3. The molecule has 0 spiro atoms. The van der Waals surface area contributed by atoms with Gasteiger partial charge in [0.05, 0.1) is 12.7 Å². The molecule has 1 saturated carbocycles. The Morgan fingerprint density at radius 1 is 1.34 bits per heavy atom. The Hall–Kier alpha value is -1.65. The van der Waals surface area contributed by atoms with Crippen LogP contribution in [0.1, 0.15) is 36.4 Å². The third-order valence-corrected chi connectivity index (χ3v) is 5.84. The Labute approximate surface area is 172 Å². The van der Waals surface area contributed by atoms with Gasteiger partial charge in [-0.3, -0.25) is 9.69 Å². The van der Waals surface area contributed by atoms with Crippen molar-refractivity contribution in [2.45, 2.75) is 64.5 Å². The molecule has 2 fully saturated rings. The lowest BCUT2D eigenvalue weighted by Crippen LogP contribution is -2.47. The number of carboxylic acids is 1. The quantitative estimate of drug-likeness (QED) is 0.758. The highest BCUT2D eigenvalue weighted by atomic mass is 32.1. The Morgan fingerprint density at radius 3 is 2.52 bits per heavy atom. The number of hydrogen-bond acceptors (Lipinski definition) is 5. The maximum absolute atomic E-state index is 12.3. The predicted molar refractivity (Wildman–Crippen MR) is 103 cm³/mol. The van der Waals surface area contributed by atoms with Crippen LogP contribution in [0.25, 0.3) is 0 Å². The van der Waals surface area contributed by atoms with Gasteiger partial charge in [-0.15, -0.1) is 11.3 Å². The summed E-state index contributed by atoms with van der Waals surface area (Å²) in [4.78, 5) is 26.5. The molecule has 1 saturated heterocycles. The van der Waals surface area contributed by atoms with Gasteiger partial charge in [0.15, 0.2) is 0 Å². The van der Waals surface area contributed by atoms with Crippen LogP contribution < -0.4 is 5.32 Å². The van der Waals surface area contributed by atoms with Gasteiger partial charge in [-0.1, -0.05) is 0 Å². The third-order valence-electron chi connectivity index (χ3n) is 4.85. The summed E-state index contributed by atoms with van der Waals surface area (Å²) >= 11 is 1.87. The SMILES string of the molecule is Cc1ccc(CN2CCO[C@@H]3C[C@@H](C(=O)NC(C)C)C[C@H]32)s1.O=C(O)C(F)(F)F. The van der Waals surface area contributed by atoms with Crippen LogP contribution in [0.4, 0.5) is 13.2 Å². The predicted octanol–water partition coefficient (Wildman–Crippen LogP) is 3.19. The fourth-order valence-corrected chi connectivity index (χ4v) is 4.53. The number of carboxylic acid groups (broad SMARTS) is 1. The molecule has 2 N–H and O–H groups in total. The van der Waals surface area contributed by atoms with Crippen LogP contribution in [0.3, 0.4) is 0 Å². The van der Waals surface area contributed by atoms with Crippen molar-refractivity contribution in [1.29, 1.82) is 0 Å². The third kappa shape index (κ3) is 6.97. The fraction of sp³-hybridized carbons (Fsp3) is 0.684. The molecule has 29 heavy (non-hydrogen) atoms. The van der Waals surface area contributed by atoms with Crippen LogP contribution in [-0.2, 0) is 20.9 Å². The first-order valence-electron chi connectivity index (χ1n) is 9.48. The second-order valence-electron chi connectivity index (χ2n) is 7.59. The molecule has 3 atom stereocenters. The van der Waals surface area contributed by atoms with Crippen LogP contribution in [0.5, 0.6) is 0 Å². The van der Waals surface area contributed by atoms with Gasteiger partial charge in [-0.2, -0.15) is 13.2 Å². The number of aliphatic carboxylic acids is 1. The van der Waals surface area contributed by atoms with E-state index < -0.39 is 12.1 Å². The molecule has 0 aromatic carbocycles. The maximum atomic E-state index is 12.3. The highest BCUT2D eigenvalue weighted by Crippen LogP contribution is 2.35. The lowest BCUT2D eigenvalue weighted by atomic mass is 10.1. The van der Waals surface area contributed by atoms with Gasteiger partial charge in [-0.25, -0.2) is 4.79 Å². The minimum Gasteiger partial charge on any atom is -0.475 e. The van der Waals surface area contributed by atoms with Crippen LogP contribution in [0.2, 0.25) is 0 Å². The van der Waals surface area contributed by atoms with Crippen molar-refractivity contribution in [3.05, 3.63) is 21.9 Å². The van der Waals surface area contributed by atoms with Crippen molar-refractivity contribution in [3.63, 3.8) is 0 Å². The molecule has 3 rings (SSSR count). The monoisotopic (exact) mass is 436 g/mol. The lowest BCUT2D eigenvalue weighted by Gasteiger charge is -2.37. The number of aryl methyl sites for hydroxylation is 1. The van der Waals surface area contributed by atoms with Gasteiger partial charge in [-0.05, 0) is 45.7 Å². The van der Waals surface area contributed by atoms with E-state index in [0.29, 0.717) is 6.04 Å². The van der Waals surface area contributed by atoms with Gasteiger partial charge < -0.3 is 15.2 Å². The standard InChI is InChI=1S/C17H26N2O2S.C2HF3O2/c1-11(2)18-17(20)13-8-15-16(9-13)21-7-6-19(15)10-14-5-4-12(3)22-14;3-2(4,5)1(6)7/h4-5,11,13,15-16H,6-10H2,1-3H3,(H,18,20);(H,6,7)/t13-,15+,16+;/m0./s1. The molecule has 6 nitrogen and oxygen atoms in total. The highest BCUT2D eigenvalue weighted by molar-refractivity contribution is 7.11. The molecule has 10 heteroatoms. The van der Waals surface area contributed by atoms with Crippen molar-refractivity contribution in [1.82, 2.24) is 10.2 Å². The first-order valence-corrected chi connectivity index (χ1v) is 10.3. The summed E-state index contributed by atoms with van der Waals surface area (Å²) in [5.74, 6) is -2.46. The highest BCUT2D eigenvalue weighted by Gasteiger charge is 2.43. The molecule has 1 aliphatic carbocycles. The molecule has 164 valence electrons. The molecule has 2 aliphatic rings. The average molecular weight is 436 g/mol. The molecular formula is C19H27F3N2O4S. The fourth-order valence-electron chi connectivity index (χ4n) is 3.61. The van der Waals surface area contributed by atoms with E-state index in [2.05, 4.69) is 29.3 Å². The van der Waals surface area contributed by atoms with Crippen molar-refractivity contribution >= 4 is 23.2 Å². The van der Waals surface area contributed by atoms with E-state index in [-0.39, 0.29) is 24.0 Å². The number of nitrogens with zero attached hydrogens (tertiary/aromatic N) is 1. The number of hydrogen-bond donors (Lipinski definition) is 2. The number of morpholine rings is 1. The van der Waals surface area contributed by atoms with Gasteiger partial charge >= 0.3 is 12.1 Å². The summed E-state index contributed by atoms with van der Waals surface area (Å²) in [6, 6.07) is 5.01. The second kappa shape index (κ2) is 9.90. The van der Waals surface area contributed by atoms with Crippen LogP contribution >= 0.6 is 11.3 Å². The molecule has 1 aromatic heterocycles. The van der Waals surface area contributed by atoms with Crippen LogP contribution in [-0.4, -0.2) is 59.4 Å². The maximum Gasteiger partial charge on any atom is 0.490 e. The molecule has 0 radical (unpaired) electrons. The zero-order chi connectivity index (χ0) is 21.8. The molecule has 1 aliphatic heterocycles. The number of alkyl halides is 3. The number of amides is 1. The van der Waals surface area contributed by atoms with E-state index in [4.69, 9.17) is 14.6 Å². The Morgan fingerprint density at radius 2 is 2.00 bits per heavy atom. The van der Waals surface area contributed by atoms with E-state index in [1.165, 1.54) is 9.75 Å². The summed E-state index contributed by atoms with van der Waals surface area (Å²) in [6.07, 6.45) is -3.07. The zero-order valence-electron chi connectivity index (χ0n) is 16.7. The van der Waals surface area contributed by atoms with E-state index in [9.17, 15) is 18.0 Å². The van der Waals surface area contributed by atoms with Gasteiger partial charge in [0, 0.05) is 40.8 Å². The Balaban J connectivity index is 0.000000370. The number of rotatable bonds is 4. The summed E-state index contributed by atoms with van der Waals surface area (Å²) in [5, 5.41) is 10.2. The number of fused-ring (bicyclic) bond motifs is 1. The number of thiophene rings is 1. The summed E-state index contributed by atoms with van der Waals surface area (Å²) in [5.41, 5.74) is 0. The first-order chi connectivity index (χ1) is 13.5. The molecule has 1 aromatic rings. The Kier molecular flexibility index (Phi) is 8.07. The smallest absolute Gasteiger partial charge is 0.475 e.